The summed E-state index contributed by atoms with van der Waals surface area (Å²) < 4.78 is 5.09. The van der Waals surface area contributed by atoms with E-state index in [4.69, 9.17) is 4.74 Å². The van der Waals surface area contributed by atoms with Gasteiger partial charge in [-0.2, -0.15) is 0 Å². The van der Waals surface area contributed by atoms with Crippen LogP contribution in [0.5, 0.6) is 5.75 Å². The number of carbonyl (C=O) groups is 1. The molecule has 0 spiro atoms. The van der Waals surface area contributed by atoms with Gasteiger partial charge >= 0.3 is 0 Å². The number of methoxy groups -OCH3 is 1. The quantitative estimate of drug-likeness (QED) is 0.823. The predicted octanol–water partition coefficient (Wildman–Crippen LogP) is 1.32. The monoisotopic (exact) mass is 277 g/mol. The molecule has 0 aromatic heterocycles. The van der Waals surface area contributed by atoms with Crippen LogP contribution in [0.25, 0.3) is 0 Å². The Morgan fingerprint density at radius 2 is 2.20 bits per heavy atom. The van der Waals surface area contributed by atoms with Crippen molar-refractivity contribution in [3.05, 3.63) is 24.3 Å². The maximum Gasteiger partial charge on any atom is 0.238 e. The zero-order valence-electron chi connectivity index (χ0n) is 12.2. The van der Waals surface area contributed by atoms with Crippen molar-refractivity contribution in [1.82, 2.24) is 10.2 Å². The Morgan fingerprint density at radius 3 is 2.80 bits per heavy atom. The molecule has 0 aliphatic carbocycles. The van der Waals surface area contributed by atoms with Crippen LogP contribution in [0.15, 0.2) is 24.3 Å². The second-order valence-corrected chi connectivity index (χ2v) is 5.27. The molecule has 1 fully saturated rings. The number of amides is 1. The van der Waals surface area contributed by atoms with Crippen molar-refractivity contribution in [2.24, 2.45) is 0 Å². The third kappa shape index (κ3) is 4.51. The fraction of sp³-hybridized carbons (Fsp3) is 0.533. The zero-order chi connectivity index (χ0) is 14.4. The Bertz CT molecular complexity index is 427. The lowest BCUT2D eigenvalue weighted by Crippen LogP contribution is -2.39. The van der Waals surface area contributed by atoms with Gasteiger partial charge in [0.05, 0.1) is 13.7 Å². The molecule has 5 nitrogen and oxygen atoms in total. The second kappa shape index (κ2) is 7.26. The molecular formula is C15H23N3O2. The van der Waals surface area contributed by atoms with Crippen molar-refractivity contribution in [2.45, 2.75) is 18.9 Å². The molecule has 1 aromatic rings. The van der Waals surface area contributed by atoms with E-state index < -0.39 is 0 Å². The molecule has 1 aliphatic rings. The van der Waals surface area contributed by atoms with E-state index in [-0.39, 0.29) is 5.91 Å². The Balaban J connectivity index is 1.75. The van der Waals surface area contributed by atoms with Crippen LogP contribution in [0.2, 0.25) is 0 Å². The number of benzene rings is 1. The van der Waals surface area contributed by atoms with Crippen LogP contribution in [0, 0.1) is 0 Å². The van der Waals surface area contributed by atoms with Crippen LogP contribution in [0.3, 0.4) is 0 Å². The van der Waals surface area contributed by atoms with E-state index in [0.717, 1.165) is 24.5 Å². The van der Waals surface area contributed by atoms with Gasteiger partial charge in [0.25, 0.3) is 0 Å². The van der Waals surface area contributed by atoms with Gasteiger partial charge in [0, 0.05) is 18.3 Å². The lowest BCUT2D eigenvalue weighted by Gasteiger charge is -2.20. The third-order valence-corrected chi connectivity index (χ3v) is 3.48. The Hall–Kier alpha value is -1.59. The maximum absolute atomic E-state index is 11.9. The maximum atomic E-state index is 11.9. The topological polar surface area (TPSA) is 53.6 Å². The van der Waals surface area contributed by atoms with Gasteiger partial charge in [-0.3, -0.25) is 9.69 Å². The summed E-state index contributed by atoms with van der Waals surface area (Å²) in [6, 6.07) is 7.88. The van der Waals surface area contributed by atoms with E-state index in [0.29, 0.717) is 12.6 Å². The van der Waals surface area contributed by atoms with Crippen LogP contribution >= 0.6 is 0 Å². The number of carbonyl (C=O) groups excluding carboxylic acids is 1. The summed E-state index contributed by atoms with van der Waals surface area (Å²) in [7, 11) is 3.60. The predicted molar refractivity (Wildman–Crippen MR) is 80.1 cm³/mol. The Labute approximate surface area is 120 Å². The van der Waals surface area contributed by atoms with Gasteiger partial charge in [0.15, 0.2) is 0 Å². The first-order valence-corrected chi connectivity index (χ1v) is 7.03. The van der Waals surface area contributed by atoms with E-state index in [9.17, 15) is 4.79 Å². The molecule has 0 saturated carbocycles. The van der Waals surface area contributed by atoms with Crippen LogP contribution in [-0.2, 0) is 4.79 Å². The highest BCUT2D eigenvalue weighted by molar-refractivity contribution is 5.92. The molecule has 0 radical (unpaired) electrons. The minimum Gasteiger partial charge on any atom is -0.497 e. The number of hydrogen-bond donors (Lipinski definition) is 2. The molecular weight excluding hydrogens is 254 g/mol. The van der Waals surface area contributed by atoms with Gasteiger partial charge < -0.3 is 15.4 Å². The molecule has 1 atom stereocenters. The molecule has 1 unspecified atom stereocenters. The van der Waals surface area contributed by atoms with Crippen LogP contribution in [-0.4, -0.2) is 50.6 Å². The van der Waals surface area contributed by atoms with Crippen molar-refractivity contribution in [1.29, 1.82) is 0 Å². The van der Waals surface area contributed by atoms with E-state index in [1.54, 1.807) is 7.11 Å². The van der Waals surface area contributed by atoms with E-state index >= 15 is 0 Å². The largest absolute Gasteiger partial charge is 0.497 e. The first kappa shape index (κ1) is 14.8. The Morgan fingerprint density at radius 1 is 1.45 bits per heavy atom. The number of hydrogen-bond acceptors (Lipinski definition) is 4. The van der Waals surface area contributed by atoms with Crippen molar-refractivity contribution in [3.63, 3.8) is 0 Å². The first-order valence-electron chi connectivity index (χ1n) is 7.03. The van der Waals surface area contributed by atoms with Crippen LogP contribution < -0.4 is 15.4 Å². The molecule has 1 aromatic carbocycles. The van der Waals surface area contributed by atoms with E-state index in [1.807, 2.05) is 31.3 Å². The van der Waals surface area contributed by atoms with Crippen molar-refractivity contribution in [3.8, 4) is 5.75 Å². The minimum atomic E-state index is 0.00987. The average Bonchev–Trinajstić information content (AvgIpc) is 2.92. The second-order valence-electron chi connectivity index (χ2n) is 5.27. The number of rotatable bonds is 6. The highest BCUT2D eigenvalue weighted by Crippen LogP contribution is 2.14. The average molecular weight is 277 g/mol. The number of nitrogens with one attached hydrogen (secondary N) is 2. The third-order valence-electron chi connectivity index (χ3n) is 3.48. The number of ether oxygens (including phenoxy) is 1. The van der Waals surface area contributed by atoms with E-state index in [2.05, 4.69) is 15.5 Å². The fourth-order valence-electron chi connectivity index (χ4n) is 2.47. The van der Waals surface area contributed by atoms with Gasteiger partial charge in [-0.05, 0) is 50.7 Å². The summed E-state index contributed by atoms with van der Waals surface area (Å²) in [5, 5.41) is 6.33. The highest BCUT2D eigenvalue weighted by atomic mass is 16.5. The van der Waals surface area contributed by atoms with E-state index in [1.165, 1.54) is 12.8 Å². The summed E-state index contributed by atoms with van der Waals surface area (Å²) in [6.07, 6.45) is 2.43. The SMILES string of the molecule is COc1ccc(NC(=O)CN(C)CC2CCCN2)cc1. The lowest BCUT2D eigenvalue weighted by molar-refractivity contribution is -0.117. The normalized spacial score (nSPS) is 18.2. The molecule has 5 heteroatoms. The smallest absolute Gasteiger partial charge is 0.238 e. The first-order chi connectivity index (χ1) is 9.67. The molecule has 1 heterocycles. The van der Waals surface area contributed by atoms with Gasteiger partial charge in [0.2, 0.25) is 5.91 Å². The highest BCUT2D eigenvalue weighted by Gasteiger charge is 2.17. The fourth-order valence-corrected chi connectivity index (χ4v) is 2.47. The molecule has 1 saturated heterocycles. The van der Waals surface area contributed by atoms with Gasteiger partial charge in [-0.1, -0.05) is 0 Å². The van der Waals surface area contributed by atoms with Gasteiger partial charge in [-0.25, -0.2) is 0 Å². The molecule has 0 bridgehead atoms. The summed E-state index contributed by atoms with van der Waals surface area (Å²) in [4.78, 5) is 14.0. The zero-order valence-corrected chi connectivity index (χ0v) is 12.2. The van der Waals surface area contributed by atoms with Gasteiger partial charge in [0.1, 0.15) is 5.75 Å². The number of likely N-dealkylation sites (N-methyl/N-ethyl adjacent to an activating group) is 1. The lowest BCUT2D eigenvalue weighted by atomic mass is 10.2. The molecule has 110 valence electrons. The minimum absolute atomic E-state index is 0.00987. The number of anilines is 1. The molecule has 2 N–H and O–H groups in total. The summed E-state index contributed by atoms with van der Waals surface area (Å²) in [5.74, 6) is 0.795. The molecule has 2 rings (SSSR count). The summed E-state index contributed by atoms with van der Waals surface area (Å²) in [5.41, 5.74) is 0.795. The van der Waals surface area contributed by atoms with Crippen molar-refractivity contribution >= 4 is 11.6 Å². The summed E-state index contributed by atoms with van der Waals surface area (Å²) in [6.45, 7) is 2.41. The molecule has 1 amide bonds. The van der Waals surface area contributed by atoms with Gasteiger partial charge in [-0.15, -0.1) is 0 Å². The number of nitrogens with zero attached hydrogens (tertiary/aromatic N) is 1. The summed E-state index contributed by atoms with van der Waals surface area (Å²) >= 11 is 0. The van der Waals surface area contributed by atoms with Crippen LogP contribution in [0.4, 0.5) is 5.69 Å². The van der Waals surface area contributed by atoms with Crippen LogP contribution in [0.1, 0.15) is 12.8 Å². The van der Waals surface area contributed by atoms with Crippen molar-refractivity contribution < 1.29 is 9.53 Å². The standard InChI is InChI=1S/C15H23N3O2/c1-18(10-13-4-3-9-16-13)11-15(19)17-12-5-7-14(20-2)8-6-12/h5-8,13,16H,3-4,9-11H2,1-2H3,(H,17,19). The molecule has 20 heavy (non-hydrogen) atoms. The Kier molecular flexibility index (Phi) is 5.38. The van der Waals surface area contributed by atoms with Crippen molar-refractivity contribution in [2.75, 3.05) is 39.1 Å². The molecule has 1 aliphatic heterocycles.